The largest absolute Gasteiger partial charge is 0.503 e. The van der Waals surface area contributed by atoms with Gasteiger partial charge in [0, 0.05) is 17.4 Å². The highest BCUT2D eigenvalue weighted by Gasteiger charge is 2.49. The predicted molar refractivity (Wildman–Crippen MR) is 97.0 cm³/mol. The van der Waals surface area contributed by atoms with Gasteiger partial charge in [0.2, 0.25) is 0 Å². The van der Waals surface area contributed by atoms with Gasteiger partial charge in [-0.05, 0) is 59.7 Å². The average molecular weight is 438 g/mol. The lowest BCUT2D eigenvalue weighted by molar-refractivity contribution is -0.0438. The lowest BCUT2D eigenvalue weighted by Gasteiger charge is -2.12. The van der Waals surface area contributed by atoms with Crippen LogP contribution in [-0.2, 0) is 9.84 Å². The van der Waals surface area contributed by atoms with Crippen molar-refractivity contribution in [2.24, 2.45) is 0 Å². The van der Waals surface area contributed by atoms with Crippen LogP contribution in [0.4, 0.5) is 18.9 Å². The van der Waals surface area contributed by atoms with Gasteiger partial charge in [0.15, 0.2) is 10.9 Å². The van der Waals surface area contributed by atoms with Crippen molar-refractivity contribution >= 4 is 21.4 Å². The first-order valence-electron chi connectivity index (χ1n) is 8.64. The third-order valence-electron chi connectivity index (χ3n) is 4.36. The van der Waals surface area contributed by atoms with Gasteiger partial charge in [-0.15, -0.1) is 5.10 Å². The zero-order chi connectivity index (χ0) is 21.5. The molecule has 1 N–H and O–H groups in total. The van der Waals surface area contributed by atoms with E-state index in [2.05, 4.69) is 25.8 Å². The number of rotatable bonds is 5. The smallest absolute Gasteiger partial charge is 0.322 e. The molecule has 1 fully saturated rings. The Morgan fingerprint density at radius 1 is 1.13 bits per heavy atom. The van der Waals surface area contributed by atoms with E-state index in [1.807, 2.05) is 0 Å². The molecule has 1 aliphatic carbocycles. The number of halogens is 3. The molecule has 0 aliphatic heterocycles. The molecule has 1 aliphatic rings. The number of carbonyl (C=O) groups is 1. The fourth-order valence-corrected chi connectivity index (χ4v) is 3.61. The number of benzene rings is 1. The number of nitrogens with one attached hydrogen (secondary N) is 1. The summed E-state index contributed by atoms with van der Waals surface area (Å²) in [6.07, 6.45) is 2.84. The van der Waals surface area contributed by atoms with Crippen LogP contribution in [0.15, 0.2) is 47.6 Å². The zero-order valence-corrected chi connectivity index (χ0v) is 15.9. The maximum atomic E-state index is 12.9. The minimum absolute atomic E-state index is 0.244. The van der Waals surface area contributed by atoms with Crippen LogP contribution in [0.5, 0.6) is 0 Å². The highest BCUT2D eigenvalue weighted by Crippen LogP contribution is 2.36. The molecular formula is C17H13F3N6O3S. The first kappa shape index (κ1) is 19.9. The van der Waals surface area contributed by atoms with Gasteiger partial charge >= 0.3 is 5.51 Å². The molecular weight excluding hydrogens is 425 g/mol. The molecule has 2 heterocycles. The molecule has 13 heteroatoms. The van der Waals surface area contributed by atoms with E-state index in [9.17, 15) is 26.4 Å². The molecule has 2 aromatic heterocycles. The van der Waals surface area contributed by atoms with E-state index in [4.69, 9.17) is 0 Å². The van der Waals surface area contributed by atoms with Gasteiger partial charge in [-0.2, -0.15) is 13.2 Å². The van der Waals surface area contributed by atoms with E-state index in [1.54, 1.807) is 16.8 Å². The van der Waals surface area contributed by atoms with Crippen LogP contribution < -0.4 is 5.32 Å². The second-order valence-electron chi connectivity index (χ2n) is 6.52. The summed E-state index contributed by atoms with van der Waals surface area (Å²) in [4.78, 5) is 15.7. The van der Waals surface area contributed by atoms with Crippen molar-refractivity contribution in [3.8, 4) is 11.4 Å². The minimum Gasteiger partial charge on any atom is -0.322 e. The summed E-state index contributed by atoms with van der Waals surface area (Å²) in [6.45, 7) is 0. The van der Waals surface area contributed by atoms with Crippen LogP contribution in [0, 0.1) is 0 Å². The molecule has 1 saturated carbocycles. The summed E-state index contributed by atoms with van der Waals surface area (Å²) in [5, 5.41) is 12.6. The van der Waals surface area contributed by atoms with E-state index in [0.717, 1.165) is 25.1 Å². The number of sulfone groups is 1. The number of carbonyl (C=O) groups excluding carboxylic acids is 1. The van der Waals surface area contributed by atoms with Crippen molar-refractivity contribution in [2.75, 3.05) is 5.32 Å². The van der Waals surface area contributed by atoms with Gasteiger partial charge in [0.1, 0.15) is 0 Å². The molecule has 0 bridgehead atoms. The van der Waals surface area contributed by atoms with Gasteiger partial charge in [0.05, 0.1) is 11.6 Å². The molecule has 0 unspecified atom stereocenters. The number of hydrogen-bond acceptors (Lipinski definition) is 7. The summed E-state index contributed by atoms with van der Waals surface area (Å²) < 4.78 is 63.8. The fraction of sp³-hybridized carbons (Fsp3) is 0.235. The fourth-order valence-electron chi connectivity index (χ4n) is 2.74. The Bertz CT molecular complexity index is 1200. The second-order valence-corrected chi connectivity index (χ2v) is 8.37. The quantitative estimate of drug-likeness (QED) is 0.650. The number of amides is 1. The van der Waals surface area contributed by atoms with E-state index < -0.39 is 31.8 Å². The molecule has 0 saturated heterocycles. The van der Waals surface area contributed by atoms with Crippen molar-refractivity contribution in [1.29, 1.82) is 0 Å². The summed E-state index contributed by atoms with van der Waals surface area (Å²) >= 11 is 0. The van der Waals surface area contributed by atoms with Crippen LogP contribution in [0.3, 0.4) is 0 Å². The van der Waals surface area contributed by atoms with E-state index in [1.165, 1.54) is 18.2 Å². The molecule has 0 radical (unpaired) electrons. The third-order valence-corrected chi connectivity index (χ3v) is 5.81. The monoisotopic (exact) mass is 438 g/mol. The van der Waals surface area contributed by atoms with Gasteiger partial charge in [-0.1, -0.05) is 0 Å². The SMILES string of the molecule is O=C(Nc1ccc(-c2nnnn2C2CC2)cc1)c1cccnc1S(=O)(=O)C(F)(F)F. The number of tetrazole rings is 1. The maximum Gasteiger partial charge on any atom is 0.503 e. The summed E-state index contributed by atoms with van der Waals surface area (Å²) in [5.41, 5.74) is -5.36. The molecule has 0 spiro atoms. The number of aromatic nitrogens is 5. The number of anilines is 1. The highest BCUT2D eigenvalue weighted by atomic mass is 32.2. The van der Waals surface area contributed by atoms with Crippen LogP contribution >= 0.6 is 0 Å². The van der Waals surface area contributed by atoms with Crippen molar-refractivity contribution in [2.45, 2.75) is 29.4 Å². The Kier molecular flexibility index (Phi) is 4.76. The van der Waals surface area contributed by atoms with Crippen molar-refractivity contribution in [1.82, 2.24) is 25.2 Å². The van der Waals surface area contributed by atoms with Gasteiger partial charge < -0.3 is 5.32 Å². The predicted octanol–water partition coefficient (Wildman–Crippen LogP) is 2.62. The molecule has 1 amide bonds. The van der Waals surface area contributed by atoms with E-state index in [0.29, 0.717) is 11.4 Å². The zero-order valence-electron chi connectivity index (χ0n) is 15.0. The summed E-state index contributed by atoms with van der Waals surface area (Å²) in [6, 6.07) is 8.67. The van der Waals surface area contributed by atoms with Crippen LogP contribution in [-0.4, -0.2) is 45.0 Å². The molecule has 1 aromatic carbocycles. The Labute approximate surface area is 167 Å². The number of nitrogens with zero attached hydrogens (tertiary/aromatic N) is 5. The first-order valence-corrected chi connectivity index (χ1v) is 10.1. The molecule has 3 aromatic rings. The number of alkyl halides is 3. The standard InChI is InChI=1S/C17H13F3N6O3S/c18-17(19,20)30(28,29)16-13(2-1-9-21-16)15(27)22-11-5-3-10(4-6-11)14-23-24-25-26(14)12-7-8-12/h1-6,9,12H,7-8H2,(H,22,27). The van der Waals surface area contributed by atoms with Crippen molar-refractivity contribution < 1.29 is 26.4 Å². The van der Waals surface area contributed by atoms with Gasteiger partial charge in [0.25, 0.3) is 15.7 Å². The Balaban J connectivity index is 1.57. The summed E-state index contributed by atoms with van der Waals surface area (Å²) in [5.74, 6) is -0.484. The number of pyridine rings is 1. The lowest BCUT2D eigenvalue weighted by Crippen LogP contribution is -2.27. The van der Waals surface area contributed by atoms with Crippen molar-refractivity contribution in [3.63, 3.8) is 0 Å². The molecule has 0 atom stereocenters. The van der Waals surface area contributed by atoms with E-state index in [-0.39, 0.29) is 11.7 Å². The van der Waals surface area contributed by atoms with Crippen LogP contribution in [0.1, 0.15) is 29.2 Å². The normalized spacial score (nSPS) is 14.5. The second kappa shape index (κ2) is 7.16. The lowest BCUT2D eigenvalue weighted by atomic mass is 10.2. The third kappa shape index (κ3) is 3.63. The van der Waals surface area contributed by atoms with E-state index >= 15 is 0 Å². The van der Waals surface area contributed by atoms with Crippen LogP contribution in [0.2, 0.25) is 0 Å². The molecule has 4 rings (SSSR count). The van der Waals surface area contributed by atoms with Gasteiger partial charge in [-0.25, -0.2) is 18.1 Å². The molecule has 156 valence electrons. The Hall–Kier alpha value is -3.35. The maximum absolute atomic E-state index is 12.9. The van der Waals surface area contributed by atoms with Gasteiger partial charge in [-0.3, -0.25) is 4.79 Å². The van der Waals surface area contributed by atoms with Crippen LogP contribution in [0.25, 0.3) is 11.4 Å². The van der Waals surface area contributed by atoms with Crippen molar-refractivity contribution in [3.05, 3.63) is 48.2 Å². The first-order chi connectivity index (χ1) is 14.2. The average Bonchev–Trinajstić information content (AvgIpc) is 3.44. The topological polar surface area (TPSA) is 120 Å². The summed E-state index contributed by atoms with van der Waals surface area (Å²) in [7, 11) is -5.78. The molecule has 30 heavy (non-hydrogen) atoms. The molecule has 9 nitrogen and oxygen atoms in total. The Morgan fingerprint density at radius 3 is 2.47 bits per heavy atom. The number of hydrogen-bond donors (Lipinski definition) is 1. The highest BCUT2D eigenvalue weighted by molar-refractivity contribution is 7.92. The minimum atomic E-state index is -5.78. The Morgan fingerprint density at radius 2 is 1.83 bits per heavy atom.